The number of ether oxygens (including phenoxy) is 2. The van der Waals surface area contributed by atoms with E-state index in [0.29, 0.717) is 11.3 Å². The summed E-state index contributed by atoms with van der Waals surface area (Å²) in [6.45, 7) is 10.9. The van der Waals surface area contributed by atoms with Crippen molar-refractivity contribution in [1.29, 1.82) is 0 Å². The van der Waals surface area contributed by atoms with Crippen LogP contribution < -0.4 is 0 Å². The molecular formula is C21H26O4. The zero-order valence-electron chi connectivity index (χ0n) is 15.8. The highest BCUT2D eigenvalue weighted by Gasteiger charge is 2.60. The topological polar surface area (TPSA) is 52.6 Å². The van der Waals surface area contributed by atoms with Crippen LogP contribution in [0.1, 0.15) is 47.1 Å². The smallest absolute Gasteiger partial charge is 0.304 e. The maximum Gasteiger partial charge on any atom is 0.304 e. The molecule has 0 saturated heterocycles. The Labute approximate surface area is 149 Å². The Hall–Kier alpha value is -2.36. The van der Waals surface area contributed by atoms with Crippen molar-refractivity contribution >= 4 is 17.8 Å². The first-order valence-corrected chi connectivity index (χ1v) is 8.48. The fraction of sp³-hybridized carbons (Fsp3) is 0.429. The van der Waals surface area contributed by atoms with E-state index in [1.54, 1.807) is 12.2 Å². The first kappa shape index (κ1) is 19.0. The van der Waals surface area contributed by atoms with Gasteiger partial charge in [0.1, 0.15) is 0 Å². The van der Waals surface area contributed by atoms with Crippen LogP contribution in [0, 0.1) is 5.41 Å². The molecule has 1 unspecified atom stereocenters. The van der Waals surface area contributed by atoms with Crippen LogP contribution in [0.25, 0.3) is 6.08 Å². The molecule has 134 valence electrons. The van der Waals surface area contributed by atoms with Crippen LogP contribution in [0.15, 0.2) is 47.7 Å². The van der Waals surface area contributed by atoms with Crippen LogP contribution in [-0.4, -0.2) is 23.5 Å². The second-order valence-electron chi connectivity index (χ2n) is 7.52. The Balaban J connectivity index is 2.55. The number of esters is 1. The van der Waals surface area contributed by atoms with Gasteiger partial charge in [-0.05, 0) is 30.9 Å². The molecule has 0 aromatic heterocycles. The first-order chi connectivity index (χ1) is 11.6. The van der Waals surface area contributed by atoms with Gasteiger partial charge in [0.25, 0.3) is 0 Å². The van der Waals surface area contributed by atoms with E-state index < -0.39 is 17.0 Å². The molecule has 0 heterocycles. The summed E-state index contributed by atoms with van der Waals surface area (Å²) in [6.07, 6.45) is 3.27. The van der Waals surface area contributed by atoms with Gasteiger partial charge in [0, 0.05) is 12.5 Å². The van der Waals surface area contributed by atoms with Crippen molar-refractivity contribution < 1.29 is 19.1 Å². The van der Waals surface area contributed by atoms with Crippen molar-refractivity contribution in [2.24, 2.45) is 5.41 Å². The minimum Gasteiger partial charge on any atom is -0.490 e. The van der Waals surface area contributed by atoms with Crippen molar-refractivity contribution in [2.75, 3.05) is 0 Å². The maximum absolute atomic E-state index is 13.0. The van der Waals surface area contributed by atoms with E-state index in [4.69, 9.17) is 9.47 Å². The summed E-state index contributed by atoms with van der Waals surface area (Å²) in [5.74, 6) is -0.315. The molecule has 0 spiro atoms. The average Bonchev–Trinajstić information content (AvgIpc) is 2.50. The summed E-state index contributed by atoms with van der Waals surface area (Å²) in [6, 6.07) is 9.56. The lowest BCUT2D eigenvalue weighted by molar-refractivity contribution is -0.164. The number of carbonyl (C=O) groups excluding carboxylic acids is 2. The molecule has 0 saturated carbocycles. The SMILES string of the molecule is CC(=O)OC1(/C=C/c2ccccc2)C(=O)C(C(C)(C)C)=C1OC(C)C. The number of benzene rings is 1. The Morgan fingerprint density at radius 2 is 1.76 bits per heavy atom. The molecule has 1 atom stereocenters. The van der Waals surface area contributed by atoms with E-state index in [0.717, 1.165) is 5.56 Å². The molecule has 2 rings (SSSR count). The summed E-state index contributed by atoms with van der Waals surface area (Å²) >= 11 is 0. The van der Waals surface area contributed by atoms with E-state index in [-0.39, 0.29) is 11.9 Å². The van der Waals surface area contributed by atoms with Crippen molar-refractivity contribution in [2.45, 2.75) is 53.2 Å². The molecule has 0 radical (unpaired) electrons. The Kier molecular flexibility index (Phi) is 5.21. The molecule has 1 aliphatic carbocycles. The average molecular weight is 342 g/mol. The number of hydrogen-bond donors (Lipinski definition) is 0. The van der Waals surface area contributed by atoms with E-state index in [9.17, 15) is 9.59 Å². The van der Waals surface area contributed by atoms with Crippen LogP contribution in [0.4, 0.5) is 0 Å². The molecule has 0 fully saturated rings. The van der Waals surface area contributed by atoms with Crippen molar-refractivity contribution in [3.05, 3.63) is 53.3 Å². The van der Waals surface area contributed by atoms with E-state index in [1.807, 2.05) is 65.0 Å². The molecule has 25 heavy (non-hydrogen) atoms. The highest BCUT2D eigenvalue weighted by molar-refractivity contribution is 6.15. The number of Topliss-reactive ketones (excluding diaryl/α,β-unsaturated/α-hetero) is 1. The standard InChI is InChI=1S/C21H26O4/c1-14(2)24-19-17(20(4,5)6)18(23)21(19,25-15(3)22)13-12-16-10-8-7-9-11-16/h7-14H,1-6H3/b13-12+. The van der Waals surface area contributed by atoms with Gasteiger partial charge in [-0.3, -0.25) is 9.59 Å². The van der Waals surface area contributed by atoms with Crippen LogP contribution in [0.3, 0.4) is 0 Å². The van der Waals surface area contributed by atoms with Gasteiger partial charge in [-0.25, -0.2) is 0 Å². The van der Waals surface area contributed by atoms with Gasteiger partial charge in [0.05, 0.1) is 6.10 Å². The lowest BCUT2D eigenvalue weighted by atomic mass is 9.66. The predicted molar refractivity (Wildman–Crippen MR) is 97.7 cm³/mol. The number of carbonyl (C=O) groups is 2. The third-order valence-corrected chi connectivity index (χ3v) is 3.85. The Morgan fingerprint density at radius 3 is 2.24 bits per heavy atom. The molecule has 0 bridgehead atoms. The second-order valence-corrected chi connectivity index (χ2v) is 7.52. The number of ketones is 1. The van der Waals surface area contributed by atoms with Crippen molar-refractivity contribution in [3.8, 4) is 0 Å². The number of rotatable bonds is 5. The summed E-state index contributed by atoms with van der Waals surface area (Å²) < 4.78 is 11.4. The fourth-order valence-corrected chi connectivity index (χ4v) is 2.86. The van der Waals surface area contributed by atoms with Gasteiger partial charge in [-0.2, -0.15) is 0 Å². The van der Waals surface area contributed by atoms with Gasteiger partial charge in [-0.1, -0.05) is 57.2 Å². The molecule has 0 amide bonds. The Bertz CT molecular complexity index is 720. The highest BCUT2D eigenvalue weighted by atomic mass is 16.6. The highest BCUT2D eigenvalue weighted by Crippen LogP contribution is 2.48. The van der Waals surface area contributed by atoms with Gasteiger partial charge in [0.2, 0.25) is 11.4 Å². The van der Waals surface area contributed by atoms with Gasteiger partial charge in [0.15, 0.2) is 5.76 Å². The molecule has 4 nitrogen and oxygen atoms in total. The normalized spacial score (nSPS) is 20.8. The summed E-state index contributed by atoms with van der Waals surface area (Å²) in [4.78, 5) is 24.7. The minimum absolute atomic E-state index is 0.138. The first-order valence-electron chi connectivity index (χ1n) is 8.48. The molecule has 0 aliphatic heterocycles. The van der Waals surface area contributed by atoms with E-state index in [2.05, 4.69) is 0 Å². The van der Waals surface area contributed by atoms with E-state index in [1.165, 1.54) is 6.92 Å². The van der Waals surface area contributed by atoms with Gasteiger partial charge in [-0.15, -0.1) is 0 Å². The summed E-state index contributed by atoms with van der Waals surface area (Å²) in [5.41, 5.74) is -0.393. The van der Waals surface area contributed by atoms with Gasteiger partial charge >= 0.3 is 5.97 Å². The quantitative estimate of drug-likeness (QED) is 0.748. The van der Waals surface area contributed by atoms with Crippen LogP contribution >= 0.6 is 0 Å². The molecule has 1 aromatic carbocycles. The van der Waals surface area contributed by atoms with Gasteiger partial charge < -0.3 is 9.47 Å². The molecule has 1 aromatic rings. The largest absolute Gasteiger partial charge is 0.490 e. The van der Waals surface area contributed by atoms with Crippen LogP contribution in [0.2, 0.25) is 0 Å². The van der Waals surface area contributed by atoms with Crippen LogP contribution in [0.5, 0.6) is 0 Å². The molecular weight excluding hydrogens is 316 g/mol. The Morgan fingerprint density at radius 1 is 1.16 bits per heavy atom. The lowest BCUT2D eigenvalue weighted by Gasteiger charge is -2.45. The number of hydrogen-bond acceptors (Lipinski definition) is 4. The van der Waals surface area contributed by atoms with Crippen molar-refractivity contribution in [1.82, 2.24) is 0 Å². The van der Waals surface area contributed by atoms with E-state index >= 15 is 0 Å². The molecule has 1 aliphatic rings. The third-order valence-electron chi connectivity index (χ3n) is 3.85. The monoisotopic (exact) mass is 342 g/mol. The molecule has 4 heteroatoms. The summed E-state index contributed by atoms with van der Waals surface area (Å²) in [5, 5.41) is 0. The minimum atomic E-state index is -1.48. The van der Waals surface area contributed by atoms with Crippen LogP contribution in [-0.2, 0) is 19.1 Å². The zero-order chi connectivity index (χ0) is 18.8. The zero-order valence-corrected chi connectivity index (χ0v) is 15.8. The fourth-order valence-electron chi connectivity index (χ4n) is 2.86. The lowest BCUT2D eigenvalue weighted by Crippen LogP contribution is -2.56. The maximum atomic E-state index is 13.0. The third kappa shape index (κ3) is 3.84. The summed E-state index contributed by atoms with van der Waals surface area (Å²) in [7, 11) is 0. The van der Waals surface area contributed by atoms with Crippen molar-refractivity contribution in [3.63, 3.8) is 0 Å². The second kappa shape index (κ2) is 6.87. The molecule has 0 N–H and O–H groups in total. The predicted octanol–water partition coefficient (Wildman–Crippen LogP) is 4.31.